The van der Waals surface area contributed by atoms with Gasteiger partial charge in [-0.2, -0.15) is 0 Å². The van der Waals surface area contributed by atoms with Gasteiger partial charge >= 0.3 is 0 Å². The summed E-state index contributed by atoms with van der Waals surface area (Å²) in [5.41, 5.74) is 9.38. The van der Waals surface area contributed by atoms with Gasteiger partial charge in [0.15, 0.2) is 43.3 Å². The van der Waals surface area contributed by atoms with Gasteiger partial charge in [-0.25, -0.2) is 68.6 Å². The molecule has 7 aliphatic heterocycles. The number of ether oxygens (including phenoxy) is 2. The number of carbonyl (C=O) groups excluding carboxylic acids is 4. The molecule has 0 spiro atoms. The Kier molecular flexibility index (Phi) is 25.0. The summed E-state index contributed by atoms with van der Waals surface area (Å²) < 4.78 is 39.5. The van der Waals surface area contributed by atoms with Crippen LogP contribution in [0.15, 0.2) is 110 Å². The lowest BCUT2D eigenvalue weighted by Gasteiger charge is -2.28. The van der Waals surface area contributed by atoms with E-state index in [1.165, 1.54) is 87.3 Å². The number of piperidine rings is 3. The van der Waals surface area contributed by atoms with Gasteiger partial charge in [-0.05, 0) is 196 Å². The Balaban J connectivity index is 0.000000116. The van der Waals surface area contributed by atoms with Gasteiger partial charge in [0.25, 0.3) is 23.6 Å². The number of benzene rings is 4. The molecule has 29 nitrogen and oxygen atoms in total. The number of nitrogens with zero attached hydrogens (tertiary/aromatic N) is 16. The molecule has 0 saturated carbocycles. The van der Waals surface area contributed by atoms with E-state index >= 15 is 0 Å². The minimum atomic E-state index is -0.393. The van der Waals surface area contributed by atoms with Gasteiger partial charge in [0, 0.05) is 69.9 Å². The monoisotopic (exact) mass is 1650 g/mol. The van der Waals surface area contributed by atoms with Crippen molar-refractivity contribution in [1.82, 2.24) is 96.6 Å². The number of hydrogen-bond acceptors (Lipinski definition) is 29. The lowest BCUT2D eigenvalue weighted by atomic mass is 9.97. The van der Waals surface area contributed by atoms with Crippen LogP contribution >= 0.6 is 45.3 Å². The van der Waals surface area contributed by atoms with E-state index in [4.69, 9.17) is 9.47 Å². The highest BCUT2D eigenvalue weighted by molar-refractivity contribution is 7.21. The predicted molar refractivity (Wildman–Crippen MR) is 447 cm³/mol. The molecule has 1 atom stereocenters. The van der Waals surface area contributed by atoms with Gasteiger partial charge in [-0.3, -0.25) is 19.2 Å². The molecule has 7 N–H and O–H groups in total. The maximum absolute atomic E-state index is 14.5. The third-order valence-electron chi connectivity index (χ3n) is 21.5. The minimum Gasteiger partial charge on any atom is -0.489 e. The molecule has 0 radical (unpaired) electrons. The van der Waals surface area contributed by atoms with E-state index in [0.29, 0.717) is 131 Å². The summed E-state index contributed by atoms with van der Waals surface area (Å²) in [6.45, 7) is 15.5. The van der Waals surface area contributed by atoms with Crippen molar-refractivity contribution in [2.24, 2.45) is 17.8 Å². The topological polar surface area (TPSA) is 339 Å². The van der Waals surface area contributed by atoms with Crippen molar-refractivity contribution < 1.29 is 37.4 Å². The number of likely N-dealkylation sites (tertiary alicyclic amines) is 1. The lowest BCUT2D eigenvalue weighted by Crippen LogP contribution is -2.36. The van der Waals surface area contributed by atoms with E-state index < -0.39 is 5.82 Å². The van der Waals surface area contributed by atoms with Crippen LogP contribution in [0.1, 0.15) is 121 Å². The van der Waals surface area contributed by atoms with E-state index in [9.17, 15) is 28.0 Å². The Morgan fingerprint density at radius 2 is 0.940 bits per heavy atom. The molecular formula is C81H89F2N23O6S4. The first kappa shape index (κ1) is 79.2. The second-order valence-electron chi connectivity index (χ2n) is 29.8. The van der Waals surface area contributed by atoms with Crippen molar-refractivity contribution in [3.8, 4) is 5.75 Å². The van der Waals surface area contributed by atoms with E-state index in [1.807, 2.05) is 36.9 Å². The molecule has 4 saturated heterocycles. The van der Waals surface area contributed by atoms with Crippen LogP contribution in [-0.4, -0.2) is 199 Å². The molecule has 116 heavy (non-hydrogen) atoms. The molecule has 0 bridgehead atoms. The van der Waals surface area contributed by atoms with Crippen molar-refractivity contribution in [2.75, 3.05) is 119 Å². The number of aromatic nitrogens is 12. The maximum atomic E-state index is 14.5. The summed E-state index contributed by atoms with van der Waals surface area (Å²) in [7, 11) is 2.12. The van der Waals surface area contributed by atoms with Crippen molar-refractivity contribution in [3.63, 3.8) is 0 Å². The molecule has 7 aliphatic rings. The third kappa shape index (κ3) is 18.4. The van der Waals surface area contributed by atoms with Crippen molar-refractivity contribution in [1.29, 1.82) is 0 Å². The van der Waals surface area contributed by atoms with Crippen LogP contribution in [0.2, 0.25) is 0 Å². The SMILES string of the molecule is CC(C)Oc1cc(F)ccc1Nc1ncnc2sc(C(=O)NCC3CCNCC3)nc12.CN1CCC(CNC(=O)c2nc3c(N4CCc5cccc(F)c54)ncnc3s2)CC1.O=C(NCC1CCCO1)c1nc2c(N3CCc4ccccc43)ncnc2s1.O=C(NCC1CCNCC1)c1nc2c(N3CCc4ccccc43)ncnc2s1. The Morgan fingerprint density at radius 3 is 1.44 bits per heavy atom. The molecule has 1 unspecified atom stereocenters. The van der Waals surface area contributed by atoms with Crippen LogP contribution in [0.4, 0.5) is 54.8 Å². The van der Waals surface area contributed by atoms with Gasteiger partial charge in [0.2, 0.25) is 0 Å². The van der Waals surface area contributed by atoms with E-state index in [0.717, 1.165) is 168 Å². The standard InChI is InChI=1S/C21H25FN6O2S.C21H23FN6OS.C20H22N6OS.C19H19N5O2S/c1-12(2)30-16-9-14(22)3-4-15(16)27-18-17-20(26-11-25-18)31-21(28-17)19(29)24-10-13-5-7-23-8-6-13;1-27-8-5-13(6-9-27)11-23-19(29)21-26-16-18(24-12-25-20(16)30-21)28-10-7-14-3-2-4-15(22)17(14)28;27-18(22-11-13-5-8-21-9-6-13)20-25-16-17(23-12-24-19(16)28-20)26-10-7-14-3-1-2-4-15(14)26;25-17(20-10-13-5-3-9-26-13)19-23-15-16(21-11-22-18(15)27-19)24-8-7-12-4-1-2-6-14(12)24/h3-4,9,11-13,23H,5-8,10H2,1-2H3,(H,24,29)(H,25,26,27);2-4,12-13H,5-11H2,1H3,(H,23,29);1-4,12-13,21H,5-11H2,(H,22,27);1-2,4,6,11,13H,3,5,7-10H2,(H,20,25). The van der Waals surface area contributed by atoms with E-state index in [1.54, 1.807) is 24.8 Å². The molecule has 4 fully saturated rings. The molecule has 19 rings (SSSR count). The van der Waals surface area contributed by atoms with Gasteiger partial charge in [0.1, 0.15) is 84.1 Å². The van der Waals surface area contributed by atoms with Crippen molar-refractivity contribution in [2.45, 2.75) is 96.7 Å². The Bertz CT molecular complexity index is 5510. The fraction of sp³-hybridized carbons (Fsp3) is 0.407. The van der Waals surface area contributed by atoms with Crippen LogP contribution < -0.4 is 56.7 Å². The molecular weight excluding hydrogens is 1560 g/mol. The number of anilines is 8. The van der Waals surface area contributed by atoms with Crippen molar-refractivity contribution in [3.05, 3.63) is 159 Å². The lowest BCUT2D eigenvalue weighted by molar-refractivity contribution is 0.0857. The predicted octanol–water partition coefficient (Wildman–Crippen LogP) is 11.7. The van der Waals surface area contributed by atoms with Crippen LogP contribution in [0.25, 0.3) is 41.4 Å². The summed E-state index contributed by atoms with van der Waals surface area (Å²) in [5, 5.41) is 23.4. The molecule has 15 heterocycles. The van der Waals surface area contributed by atoms with Crippen LogP contribution in [0.3, 0.4) is 0 Å². The average molecular weight is 1650 g/mol. The van der Waals surface area contributed by atoms with Gasteiger partial charge < -0.3 is 66.3 Å². The van der Waals surface area contributed by atoms with Gasteiger partial charge in [-0.15, -0.1) is 0 Å². The Hall–Kier alpha value is -10.7. The van der Waals surface area contributed by atoms with E-state index in [-0.39, 0.29) is 41.7 Å². The molecule has 602 valence electrons. The Labute approximate surface area is 683 Å². The fourth-order valence-corrected chi connectivity index (χ4v) is 18.6. The number of fused-ring (bicyclic) bond motifs is 7. The number of para-hydroxylation sites is 3. The summed E-state index contributed by atoms with van der Waals surface area (Å²) in [5.74, 6) is 3.06. The molecule has 8 aromatic heterocycles. The quantitative estimate of drug-likeness (QED) is 0.0395. The Morgan fingerprint density at radius 1 is 0.500 bits per heavy atom. The smallest absolute Gasteiger partial charge is 0.280 e. The third-order valence-corrected chi connectivity index (χ3v) is 25.3. The number of rotatable bonds is 19. The highest BCUT2D eigenvalue weighted by atomic mass is 32.1. The average Bonchev–Trinajstić information content (AvgIpc) is 1.62. The number of halogens is 2. The molecule has 0 aliphatic carbocycles. The minimum absolute atomic E-state index is 0.111. The number of carbonyl (C=O) groups is 4. The number of thiazole rings is 4. The second-order valence-corrected chi connectivity index (χ2v) is 33.7. The number of nitrogens with one attached hydrogen (secondary N) is 7. The normalized spacial score (nSPS) is 16.9. The number of amides is 4. The largest absolute Gasteiger partial charge is 0.489 e. The summed E-state index contributed by atoms with van der Waals surface area (Å²) in [6, 6.07) is 26.0. The van der Waals surface area contributed by atoms with Crippen LogP contribution in [-0.2, 0) is 24.0 Å². The van der Waals surface area contributed by atoms with Gasteiger partial charge in [0.05, 0.1) is 23.6 Å². The highest BCUT2D eigenvalue weighted by Crippen LogP contribution is 2.42. The maximum Gasteiger partial charge on any atom is 0.280 e. The second kappa shape index (κ2) is 36.7. The number of hydrogen-bond donors (Lipinski definition) is 7. The zero-order valence-electron chi connectivity index (χ0n) is 64.5. The first-order valence-electron chi connectivity index (χ1n) is 39.5. The van der Waals surface area contributed by atoms with E-state index in [2.05, 4.69) is 155 Å². The zero-order valence-corrected chi connectivity index (χ0v) is 67.7. The van der Waals surface area contributed by atoms with Crippen molar-refractivity contribution >= 4 is 156 Å². The first-order valence-corrected chi connectivity index (χ1v) is 42.7. The first-order chi connectivity index (χ1) is 56.7. The zero-order chi connectivity index (χ0) is 79.6. The van der Waals surface area contributed by atoms with Gasteiger partial charge in [-0.1, -0.05) is 93.9 Å². The molecule has 35 heteroatoms. The summed E-state index contributed by atoms with van der Waals surface area (Å²) in [4.78, 5) is 115. The summed E-state index contributed by atoms with van der Waals surface area (Å²) in [6.07, 6.45) is 17.2. The van der Waals surface area contributed by atoms with Crippen LogP contribution in [0.5, 0.6) is 5.75 Å². The molecule has 12 aromatic rings. The highest BCUT2D eigenvalue weighted by Gasteiger charge is 2.32. The summed E-state index contributed by atoms with van der Waals surface area (Å²) >= 11 is 5.10. The fourth-order valence-electron chi connectivity index (χ4n) is 15.3. The van der Waals surface area contributed by atoms with Crippen LogP contribution in [0, 0.1) is 29.4 Å². The molecule has 4 amide bonds. The molecule has 4 aromatic carbocycles.